The van der Waals surface area contributed by atoms with Crippen molar-refractivity contribution in [1.82, 2.24) is 0 Å². The number of hydrogen-bond acceptors (Lipinski definition) is 0. The Hall–Kier alpha value is 0. The van der Waals surface area contributed by atoms with E-state index in [0.29, 0.717) is 0 Å². The predicted octanol–water partition coefficient (Wildman–Crippen LogP) is 2.44. The third-order valence-corrected chi connectivity index (χ3v) is 2.95. The first-order valence-corrected chi connectivity index (χ1v) is 3.75. The molecule has 0 aromatic rings. The Labute approximate surface area is 51.3 Å². The second-order valence-corrected chi connectivity index (χ2v) is 3.92. The van der Waals surface area contributed by atoms with Crippen molar-refractivity contribution >= 4 is 0 Å². The Morgan fingerprint density at radius 3 is 2.12 bits per heavy atom. The fourth-order valence-electron chi connectivity index (χ4n) is 2.06. The zero-order chi connectivity index (χ0) is 5.78. The van der Waals surface area contributed by atoms with Crippen molar-refractivity contribution in [2.45, 2.75) is 33.1 Å². The highest BCUT2D eigenvalue weighted by Crippen LogP contribution is 2.72. The summed E-state index contributed by atoms with van der Waals surface area (Å²) in [4.78, 5) is 0. The molecule has 0 aliphatic heterocycles. The van der Waals surface area contributed by atoms with E-state index in [9.17, 15) is 0 Å². The molecule has 0 aromatic carbocycles. The summed E-state index contributed by atoms with van der Waals surface area (Å²) < 4.78 is 0. The highest BCUT2D eigenvalue weighted by Gasteiger charge is 2.62. The van der Waals surface area contributed by atoms with Gasteiger partial charge in [-0.1, -0.05) is 13.8 Å². The summed E-state index contributed by atoms with van der Waals surface area (Å²) in [5.41, 5.74) is 0.939. The van der Waals surface area contributed by atoms with Crippen LogP contribution in [0.15, 0.2) is 0 Å². The van der Waals surface area contributed by atoms with E-state index in [0.717, 1.165) is 17.3 Å². The molecule has 0 aromatic heterocycles. The van der Waals surface area contributed by atoms with Gasteiger partial charge in [0.1, 0.15) is 0 Å². The molecule has 0 radical (unpaired) electrons. The Kier molecular flexibility index (Phi) is 0.678. The Morgan fingerprint density at radius 1 is 1.38 bits per heavy atom. The largest absolute Gasteiger partial charge is 0.0625 e. The van der Waals surface area contributed by atoms with E-state index < -0.39 is 0 Å². The Balaban J connectivity index is 1.96. The van der Waals surface area contributed by atoms with E-state index in [2.05, 4.69) is 13.8 Å². The van der Waals surface area contributed by atoms with Gasteiger partial charge in [0, 0.05) is 0 Å². The highest BCUT2D eigenvalue weighted by atomic mass is 14.7. The van der Waals surface area contributed by atoms with Gasteiger partial charge < -0.3 is 0 Å². The van der Waals surface area contributed by atoms with E-state index in [1.165, 1.54) is 0 Å². The van der Waals surface area contributed by atoms with Crippen LogP contribution in [0.4, 0.5) is 0 Å². The summed E-state index contributed by atoms with van der Waals surface area (Å²) in [6.07, 6.45) is 4.66. The summed E-state index contributed by atoms with van der Waals surface area (Å²) in [5, 5.41) is 0. The van der Waals surface area contributed by atoms with Crippen LogP contribution >= 0.6 is 0 Å². The van der Waals surface area contributed by atoms with Crippen LogP contribution in [0.2, 0.25) is 0 Å². The molecule has 0 bridgehead atoms. The molecule has 8 heavy (non-hydrogen) atoms. The van der Waals surface area contributed by atoms with E-state index in [1.54, 1.807) is 19.3 Å². The molecule has 2 aliphatic carbocycles. The van der Waals surface area contributed by atoms with Crippen molar-refractivity contribution in [1.29, 1.82) is 0 Å². The molecule has 2 rings (SSSR count). The zero-order valence-corrected chi connectivity index (χ0v) is 5.78. The fraction of sp³-hybridized carbons (Fsp3) is 1.00. The van der Waals surface area contributed by atoms with Gasteiger partial charge in [0.2, 0.25) is 0 Å². The lowest BCUT2D eigenvalue weighted by Gasteiger charge is -1.98. The molecule has 0 unspecified atom stereocenters. The predicted molar refractivity (Wildman–Crippen MR) is 34.6 cm³/mol. The van der Waals surface area contributed by atoms with Gasteiger partial charge in [-0.25, -0.2) is 0 Å². The van der Waals surface area contributed by atoms with Crippen molar-refractivity contribution in [3.05, 3.63) is 0 Å². The minimum absolute atomic E-state index is 0.939. The van der Waals surface area contributed by atoms with Gasteiger partial charge in [0.25, 0.3) is 0 Å². The monoisotopic (exact) mass is 110 g/mol. The van der Waals surface area contributed by atoms with Gasteiger partial charge in [0.05, 0.1) is 0 Å². The molecule has 1 atom stereocenters. The minimum atomic E-state index is 0.939. The van der Waals surface area contributed by atoms with E-state index in [1.807, 2.05) is 0 Å². The average Bonchev–Trinajstić information content (AvgIpc) is 2.50. The van der Waals surface area contributed by atoms with Crippen LogP contribution in [-0.4, -0.2) is 0 Å². The Morgan fingerprint density at radius 2 is 2.00 bits per heavy atom. The third-order valence-electron chi connectivity index (χ3n) is 2.95. The second kappa shape index (κ2) is 1.12. The summed E-state index contributed by atoms with van der Waals surface area (Å²) in [6, 6.07) is 0. The number of rotatable bonds is 1. The maximum atomic E-state index is 2.36. The zero-order valence-electron chi connectivity index (χ0n) is 5.78. The van der Waals surface area contributed by atoms with Gasteiger partial charge in [-0.05, 0) is 36.5 Å². The van der Waals surface area contributed by atoms with Crippen LogP contribution in [0.3, 0.4) is 0 Å². The standard InChI is InChI=1S/C8H14/c1-6(2)7-5-8(7)3-4-8/h6-7H,3-5H2,1-2H3/t7-/m1/s1. The molecule has 1 spiro atoms. The van der Waals surface area contributed by atoms with Gasteiger partial charge in [-0.3, -0.25) is 0 Å². The van der Waals surface area contributed by atoms with Gasteiger partial charge >= 0.3 is 0 Å². The normalized spacial score (nSPS) is 38.6. The topological polar surface area (TPSA) is 0 Å². The van der Waals surface area contributed by atoms with Gasteiger partial charge in [-0.2, -0.15) is 0 Å². The van der Waals surface area contributed by atoms with Gasteiger partial charge in [0.15, 0.2) is 0 Å². The van der Waals surface area contributed by atoms with Crippen molar-refractivity contribution in [2.24, 2.45) is 17.3 Å². The molecule has 0 N–H and O–H groups in total. The highest BCUT2D eigenvalue weighted by molar-refractivity contribution is 5.12. The van der Waals surface area contributed by atoms with E-state index in [4.69, 9.17) is 0 Å². The third kappa shape index (κ3) is 0.463. The fourth-order valence-corrected chi connectivity index (χ4v) is 2.06. The van der Waals surface area contributed by atoms with Crippen LogP contribution in [0.25, 0.3) is 0 Å². The molecule has 0 nitrogen and oxygen atoms in total. The maximum Gasteiger partial charge on any atom is -0.0263 e. The van der Waals surface area contributed by atoms with Gasteiger partial charge in [-0.15, -0.1) is 0 Å². The van der Waals surface area contributed by atoms with Crippen LogP contribution in [0.1, 0.15) is 33.1 Å². The minimum Gasteiger partial charge on any atom is -0.0625 e. The summed E-state index contributed by atoms with van der Waals surface area (Å²) in [5.74, 6) is 2.10. The molecule has 2 fully saturated rings. The smallest absolute Gasteiger partial charge is 0.0263 e. The maximum absolute atomic E-state index is 2.36. The number of hydrogen-bond donors (Lipinski definition) is 0. The average molecular weight is 110 g/mol. The molecule has 0 heterocycles. The first-order valence-electron chi connectivity index (χ1n) is 3.75. The first kappa shape index (κ1) is 4.84. The second-order valence-electron chi connectivity index (χ2n) is 3.92. The van der Waals surface area contributed by atoms with Crippen molar-refractivity contribution in [3.8, 4) is 0 Å². The molecular formula is C8H14. The SMILES string of the molecule is CC(C)[C@H]1CC12CC2. The lowest BCUT2D eigenvalue weighted by molar-refractivity contribution is 0.512. The lowest BCUT2D eigenvalue weighted by atomic mass is 10.1. The summed E-state index contributed by atoms with van der Waals surface area (Å²) in [6.45, 7) is 4.72. The first-order chi connectivity index (χ1) is 3.75. The van der Waals surface area contributed by atoms with Crippen LogP contribution in [0.5, 0.6) is 0 Å². The molecule has 2 aliphatic rings. The molecule has 0 saturated heterocycles. The molecule has 0 heteroatoms. The van der Waals surface area contributed by atoms with Crippen LogP contribution < -0.4 is 0 Å². The Bertz CT molecular complexity index is 109. The van der Waals surface area contributed by atoms with Crippen LogP contribution in [0, 0.1) is 17.3 Å². The van der Waals surface area contributed by atoms with Crippen LogP contribution in [-0.2, 0) is 0 Å². The van der Waals surface area contributed by atoms with Crippen molar-refractivity contribution in [3.63, 3.8) is 0 Å². The molecule has 46 valence electrons. The van der Waals surface area contributed by atoms with Crippen molar-refractivity contribution in [2.75, 3.05) is 0 Å². The summed E-state index contributed by atoms with van der Waals surface area (Å²) >= 11 is 0. The quantitative estimate of drug-likeness (QED) is 0.486. The molecule has 0 amide bonds. The van der Waals surface area contributed by atoms with E-state index >= 15 is 0 Å². The summed E-state index contributed by atoms with van der Waals surface area (Å²) in [7, 11) is 0. The van der Waals surface area contributed by atoms with E-state index in [-0.39, 0.29) is 0 Å². The molecular weight excluding hydrogens is 96.1 g/mol. The van der Waals surface area contributed by atoms with Crippen molar-refractivity contribution < 1.29 is 0 Å². The lowest BCUT2D eigenvalue weighted by Crippen LogP contribution is -1.91. The molecule has 2 saturated carbocycles.